The number of aromatic nitrogens is 1. The minimum Gasteiger partial charge on any atom is -0.489 e. The van der Waals surface area contributed by atoms with Crippen LogP contribution < -0.4 is 4.74 Å². The standard InChI is InChI=1S/C31H25FN2O2S/c32-24-14-10-22(11-15-24)29(35)20-37-31-27(18-33)30(26-8-4-5-9-28(26)34-31)23-12-16-25(17-13-23)36-19-21-6-2-1-3-7-21/h1-3,6-7,10-17H,4-5,8-9,19-20H2. The zero-order chi connectivity index (χ0) is 25.6. The molecule has 0 fully saturated rings. The van der Waals surface area contributed by atoms with Crippen LogP contribution in [0.3, 0.4) is 0 Å². The number of hydrogen-bond acceptors (Lipinski definition) is 5. The summed E-state index contributed by atoms with van der Waals surface area (Å²) in [6.07, 6.45) is 3.83. The predicted molar refractivity (Wildman–Crippen MR) is 143 cm³/mol. The zero-order valence-corrected chi connectivity index (χ0v) is 21.1. The summed E-state index contributed by atoms with van der Waals surface area (Å²) in [7, 11) is 0. The molecule has 5 rings (SSSR count). The van der Waals surface area contributed by atoms with Crippen molar-refractivity contribution in [3.63, 3.8) is 0 Å². The van der Waals surface area contributed by atoms with Crippen molar-refractivity contribution in [1.29, 1.82) is 5.26 Å². The molecule has 1 aliphatic rings. The topological polar surface area (TPSA) is 63.0 Å². The van der Waals surface area contributed by atoms with Gasteiger partial charge in [-0.1, -0.05) is 54.2 Å². The van der Waals surface area contributed by atoms with E-state index in [-0.39, 0.29) is 17.4 Å². The minimum absolute atomic E-state index is 0.123. The number of ether oxygens (including phenoxy) is 1. The van der Waals surface area contributed by atoms with Gasteiger partial charge in [-0.05, 0) is 78.8 Å². The van der Waals surface area contributed by atoms with Crippen molar-refractivity contribution in [2.45, 2.75) is 37.3 Å². The number of Topliss-reactive ketones (excluding diaryl/α,β-unsaturated/α-hetero) is 1. The molecule has 4 aromatic rings. The summed E-state index contributed by atoms with van der Waals surface area (Å²) in [4.78, 5) is 17.5. The summed E-state index contributed by atoms with van der Waals surface area (Å²) in [5.74, 6) is 0.370. The number of carbonyl (C=O) groups excluding carboxylic acids is 1. The molecule has 1 aliphatic carbocycles. The lowest BCUT2D eigenvalue weighted by molar-refractivity contribution is 0.102. The molecular formula is C31H25FN2O2S. The molecule has 0 aliphatic heterocycles. The van der Waals surface area contributed by atoms with Crippen LogP contribution in [-0.4, -0.2) is 16.5 Å². The first kappa shape index (κ1) is 24.7. The van der Waals surface area contributed by atoms with Gasteiger partial charge in [-0.25, -0.2) is 9.37 Å². The van der Waals surface area contributed by atoms with Crippen LogP contribution >= 0.6 is 11.8 Å². The van der Waals surface area contributed by atoms with Crippen LogP contribution in [0, 0.1) is 17.1 Å². The summed E-state index contributed by atoms with van der Waals surface area (Å²) in [6.45, 7) is 0.483. The Morgan fingerprint density at radius 3 is 2.43 bits per heavy atom. The fourth-order valence-corrected chi connectivity index (χ4v) is 5.46. The number of fused-ring (bicyclic) bond motifs is 1. The molecule has 0 atom stereocenters. The third-order valence-corrected chi connectivity index (χ3v) is 7.43. The lowest BCUT2D eigenvalue weighted by Crippen LogP contribution is -2.11. The van der Waals surface area contributed by atoms with E-state index in [1.54, 1.807) is 0 Å². The number of nitrogens with zero attached hydrogens (tertiary/aromatic N) is 2. The van der Waals surface area contributed by atoms with Crippen LogP contribution in [0.5, 0.6) is 5.75 Å². The summed E-state index contributed by atoms with van der Waals surface area (Å²) < 4.78 is 19.2. The molecule has 0 saturated carbocycles. The van der Waals surface area contributed by atoms with Crippen molar-refractivity contribution >= 4 is 17.5 Å². The van der Waals surface area contributed by atoms with E-state index in [1.165, 1.54) is 36.0 Å². The highest BCUT2D eigenvalue weighted by Gasteiger charge is 2.24. The molecule has 3 aromatic carbocycles. The zero-order valence-electron chi connectivity index (χ0n) is 20.2. The normalized spacial score (nSPS) is 12.4. The summed E-state index contributed by atoms with van der Waals surface area (Å²) >= 11 is 1.27. The van der Waals surface area contributed by atoms with Gasteiger partial charge in [0, 0.05) is 16.8 Å². The van der Waals surface area contributed by atoms with E-state index < -0.39 is 0 Å². The monoisotopic (exact) mass is 508 g/mol. The van der Waals surface area contributed by atoms with Crippen LogP contribution in [0.25, 0.3) is 11.1 Å². The first-order valence-electron chi connectivity index (χ1n) is 12.3. The second-order valence-corrected chi connectivity index (χ2v) is 9.89. The Hall–Kier alpha value is -3.95. The Kier molecular flexibility index (Phi) is 7.62. The maximum absolute atomic E-state index is 13.2. The molecule has 6 heteroatoms. The van der Waals surface area contributed by atoms with Crippen LogP contribution in [0.1, 0.15) is 45.6 Å². The van der Waals surface area contributed by atoms with E-state index >= 15 is 0 Å². The lowest BCUT2D eigenvalue weighted by atomic mass is 9.87. The van der Waals surface area contributed by atoms with E-state index in [1.807, 2.05) is 54.6 Å². The van der Waals surface area contributed by atoms with Gasteiger partial charge in [-0.2, -0.15) is 5.26 Å². The van der Waals surface area contributed by atoms with Gasteiger partial charge < -0.3 is 4.74 Å². The quantitative estimate of drug-likeness (QED) is 0.186. The van der Waals surface area contributed by atoms with Gasteiger partial charge >= 0.3 is 0 Å². The van der Waals surface area contributed by atoms with Gasteiger partial charge in [0.1, 0.15) is 29.3 Å². The molecule has 0 amide bonds. The third kappa shape index (κ3) is 5.73. The number of benzene rings is 3. The first-order chi connectivity index (χ1) is 18.1. The van der Waals surface area contributed by atoms with Crippen molar-refractivity contribution in [2.24, 2.45) is 0 Å². The number of thioether (sulfide) groups is 1. The van der Waals surface area contributed by atoms with Crippen LogP contribution in [0.2, 0.25) is 0 Å². The van der Waals surface area contributed by atoms with Crippen molar-refractivity contribution in [1.82, 2.24) is 4.98 Å². The number of pyridine rings is 1. The Morgan fingerprint density at radius 2 is 1.70 bits per heavy atom. The lowest BCUT2D eigenvalue weighted by Gasteiger charge is -2.22. The van der Waals surface area contributed by atoms with E-state index in [0.717, 1.165) is 59.4 Å². The SMILES string of the molecule is N#Cc1c(SCC(=O)c2ccc(F)cc2)nc2c(c1-c1ccc(OCc3ccccc3)cc1)CCCC2. The summed E-state index contributed by atoms with van der Waals surface area (Å²) in [5.41, 5.74) is 6.00. The molecule has 1 aromatic heterocycles. The van der Waals surface area contributed by atoms with Gasteiger partial charge in [-0.3, -0.25) is 4.79 Å². The molecule has 0 unspecified atom stereocenters. The molecular weight excluding hydrogens is 483 g/mol. The number of carbonyl (C=O) groups is 1. The molecule has 0 spiro atoms. The molecule has 0 radical (unpaired) electrons. The number of nitriles is 1. The largest absolute Gasteiger partial charge is 0.489 e. The van der Waals surface area contributed by atoms with Crippen LogP contribution in [0.4, 0.5) is 4.39 Å². The Morgan fingerprint density at radius 1 is 0.973 bits per heavy atom. The van der Waals surface area contributed by atoms with Gasteiger partial charge in [0.25, 0.3) is 0 Å². The second-order valence-electron chi connectivity index (χ2n) is 8.93. The van der Waals surface area contributed by atoms with E-state index in [2.05, 4.69) is 6.07 Å². The highest BCUT2D eigenvalue weighted by molar-refractivity contribution is 8.00. The molecule has 0 bridgehead atoms. The first-order valence-corrected chi connectivity index (χ1v) is 13.3. The summed E-state index contributed by atoms with van der Waals surface area (Å²) in [6, 6.07) is 25.7. The molecule has 0 N–H and O–H groups in total. The molecule has 1 heterocycles. The Balaban J connectivity index is 1.42. The third-order valence-electron chi connectivity index (χ3n) is 6.45. The van der Waals surface area contributed by atoms with Gasteiger partial charge in [-0.15, -0.1) is 0 Å². The second kappa shape index (κ2) is 11.4. The number of ketones is 1. The van der Waals surface area contributed by atoms with E-state index in [9.17, 15) is 14.4 Å². The van der Waals surface area contributed by atoms with Crippen LogP contribution in [0.15, 0.2) is 83.9 Å². The van der Waals surface area contributed by atoms with Crippen molar-refractivity contribution in [2.75, 3.05) is 5.75 Å². The molecule has 0 saturated heterocycles. The number of rotatable bonds is 8. The minimum atomic E-state index is -0.381. The van der Waals surface area contributed by atoms with E-state index in [0.29, 0.717) is 22.8 Å². The van der Waals surface area contributed by atoms with Crippen molar-refractivity contribution < 1.29 is 13.9 Å². The number of hydrogen-bond donors (Lipinski definition) is 0. The number of aryl methyl sites for hydroxylation is 1. The Labute approximate surface area is 220 Å². The van der Waals surface area contributed by atoms with Crippen LogP contribution in [-0.2, 0) is 19.4 Å². The molecule has 4 nitrogen and oxygen atoms in total. The molecule has 37 heavy (non-hydrogen) atoms. The predicted octanol–water partition coefficient (Wildman–Crippen LogP) is 7.19. The fraction of sp³-hybridized carbons (Fsp3) is 0.194. The highest BCUT2D eigenvalue weighted by Crippen LogP contribution is 2.38. The van der Waals surface area contributed by atoms with Gasteiger partial charge in [0.15, 0.2) is 5.78 Å². The molecule has 184 valence electrons. The fourth-order valence-electron chi connectivity index (χ4n) is 4.56. The van der Waals surface area contributed by atoms with Gasteiger partial charge in [0.05, 0.1) is 11.3 Å². The maximum Gasteiger partial charge on any atom is 0.173 e. The van der Waals surface area contributed by atoms with Crippen molar-refractivity contribution in [3.8, 4) is 22.9 Å². The highest BCUT2D eigenvalue weighted by atomic mass is 32.2. The van der Waals surface area contributed by atoms with E-state index in [4.69, 9.17) is 9.72 Å². The smallest absolute Gasteiger partial charge is 0.173 e. The summed E-state index contributed by atoms with van der Waals surface area (Å²) in [5, 5.41) is 10.8. The average Bonchev–Trinajstić information content (AvgIpc) is 2.95. The number of halogens is 1. The average molecular weight is 509 g/mol. The Bertz CT molecular complexity index is 1450. The maximum atomic E-state index is 13.2. The van der Waals surface area contributed by atoms with Gasteiger partial charge in [0.2, 0.25) is 0 Å². The van der Waals surface area contributed by atoms with Crippen molar-refractivity contribution in [3.05, 3.63) is 113 Å².